The van der Waals surface area contributed by atoms with Crippen molar-refractivity contribution in [1.82, 2.24) is 4.90 Å². The Labute approximate surface area is 88.9 Å². The van der Waals surface area contributed by atoms with Gasteiger partial charge in [-0.3, -0.25) is 0 Å². The number of hydrogen-bond acceptors (Lipinski definition) is 1. The highest BCUT2D eigenvalue weighted by Crippen LogP contribution is 2.54. The largest absolute Gasteiger partial charge is 0.303 e. The first-order chi connectivity index (χ1) is 6.43. The fourth-order valence-electron chi connectivity index (χ4n) is 3.36. The zero-order chi connectivity index (χ0) is 10.4. The standard InChI is InChI=1S/C13H25N/c1-12(2,3)10-11-13(6-5-7-13)8-9-14(11)4/h11H,5-10H2,1-4H3. The van der Waals surface area contributed by atoms with Gasteiger partial charge in [-0.2, -0.15) is 0 Å². The maximum atomic E-state index is 2.62. The van der Waals surface area contributed by atoms with Gasteiger partial charge in [-0.1, -0.05) is 27.2 Å². The van der Waals surface area contributed by atoms with Crippen LogP contribution in [0.15, 0.2) is 0 Å². The Hall–Kier alpha value is -0.0400. The maximum absolute atomic E-state index is 2.62. The van der Waals surface area contributed by atoms with E-state index in [1.54, 1.807) is 0 Å². The summed E-state index contributed by atoms with van der Waals surface area (Å²) in [5.74, 6) is 0. The highest BCUT2D eigenvalue weighted by Gasteiger charge is 2.50. The van der Waals surface area contributed by atoms with Gasteiger partial charge >= 0.3 is 0 Å². The molecule has 0 radical (unpaired) electrons. The van der Waals surface area contributed by atoms with Crippen LogP contribution in [0.3, 0.4) is 0 Å². The van der Waals surface area contributed by atoms with E-state index in [1.807, 2.05) is 0 Å². The van der Waals surface area contributed by atoms with Crippen LogP contribution in [0.2, 0.25) is 0 Å². The lowest BCUT2D eigenvalue weighted by Crippen LogP contribution is -2.44. The minimum absolute atomic E-state index is 0.492. The van der Waals surface area contributed by atoms with Gasteiger partial charge in [0.15, 0.2) is 0 Å². The summed E-state index contributed by atoms with van der Waals surface area (Å²) in [5, 5.41) is 0. The molecule has 1 nitrogen and oxygen atoms in total. The minimum Gasteiger partial charge on any atom is -0.303 e. The molecule has 1 heteroatoms. The monoisotopic (exact) mass is 195 g/mol. The molecule has 1 heterocycles. The first-order valence-electron chi connectivity index (χ1n) is 6.13. The Morgan fingerprint density at radius 3 is 2.29 bits per heavy atom. The highest BCUT2D eigenvalue weighted by molar-refractivity contribution is 5.03. The van der Waals surface area contributed by atoms with Crippen molar-refractivity contribution >= 4 is 0 Å². The minimum atomic E-state index is 0.492. The third-order valence-corrected chi connectivity index (χ3v) is 4.36. The summed E-state index contributed by atoms with van der Waals surface area (Å²) in [6, 6.07) is 0.872. The van der Waals surface area contributed by atoms with Crippen LogP contribution in [0.25, 0.3) is 0 Å². The fraction of sp³-hybridized carbons (Fsp3) is 1.00. The molecule has 0 aromatic rings. The third-order valence-electron chi connectivity index (χ3n) is 4.36. The SMILES string of the molecule is CN1CCC2(CCC2)C1CC(C)(C)C. The quantitative estimate of drug-likeness (QED) is 0.620. The van der Waals surface area contributed by atoms with Crippen molar-refractivity contribution in [2.45, 2.75) is 58.9 Å². The second-order valence-electron chi connectivity index (χ2n) is 6.73. The van der Waals surface area contributed by atoms with Crippen LogP contribution in [-0.2, 0) is 0 Å². The highest BCUT2D eigenvalue weighted by atomic mass is 15.2. The van der Waals surface area contributed by atoms with Crippen molar-refractivity contribution < 1.29 is 0 Å². The summed E-state index contributed by atoms with van der Waals surface area (Å²) < 4.78 is 0. The Morgan fingerprint density at radius 1 is 1.21 bits per heavy atom. The summed E-state index contributed by atoms with van der Waals surface area (Å²) in [5.41, 5.74) is 1.23. The van der Waals surface area contributed by atoms with Crippen LogP contribution < -0.4 is 0 Å². The molecule has 0 amide bonds. The topological polar surface area (TPSA) is 3.24 Å². The van der Waals surface area contributed by atoms with Crippen molar-refractivity contribution in [1.29, 1.82) is 0 Å². The molecule has 0 N–H and O–H groups in total. The van der Waals surface area contributed by atoms with Crippen molar-refractivity contribution in [2.24, 2.45) is 10.8 Å². The van der Waals surface area contributed by atoms with Crippen LogP contribution in [0.5, 0.6) is 0 Å². The van der Waals surface area contributed by atoms with Gasteiger partial charge < -0.3 is 4.90 Å². The predicted octanol–water partition coefficient (Wildman–Crippen LogP) is 3.30. The van der Waals surface area contributed by atoms with E-state index in [0.29, 0.717) is 5.41 Å². The maximum Gasteiger partial charge on any atom is 0.0154 e. The van der Waals surface area contributed by atoms with Crippen molar-refractivity contribution in [2.75, 3.05) is 13.6 Å². The number of rotatable bonds is 1. The van der Waals surface area contributed by atoms with E-state index in [0.717, 1.165) is 11.5 Å². The Morgan fingerprint density at radius 2 is 1.86 bits per heavy atom. The normalized spacial score (nSPS) is 32.1. The summed E-state index contributed by atoms with van der Waals surface area (Å²) in [6.45, 7) is 8.48. The van der Waals surface area contributed by atoms with Gasteiger partial charge in [-0.15, -0.1) is 0 Å². The van der Waals surface area contributed by atoms with E-state index < -0.39 is 0 Å². The van der Waals surface area contributed by atoms with Crippen LogP contribution in [-0.4, -0.2) is 24.5 Å². The molecule has 1 aliphatic heterocycles. The second-order valence-corrected chi connectivity index (χ2v) is 6.73. The van der Waals surface area contributed by atoms with E-state index in [2.05, 4.69) is 32.7 Å². The molecule has 1 unspecified atom stereocenters. The van der Waals surface area contributed by atoms with E-state index in [9.17, 15) is 0 Å². The molecule has 2 fully saturated rings. The molecule has 82 valence electrons. The average molecular weight is 195 g/mol. The average Bonchev–Trinajstić information content (AvgIpc) is 2.25. The van der Waals surface area contributed by atoms with Gasteiger partial charge in [0.25, 0.3) is 0 Å². The first kappa shape index (κ1) is 10.5. The van der Waals surface area contributed by atoms with Crippen molar-refractivity contribution in [3.63, 3.8) is 0 Å². The van der Waals surface area contributed by atoms with Crippen molar-refractivity contribution in [3.05, 3.63) is 0 Å². The van der Waals surface area contributed by atoms with Gasteiger partial charge in [0.05, 0.1) is 0 Å². The number of likely N-dealkylation sites (tertiary alicyclic amines) is 1. The van der Waals surface area contributed by atoms with E-state index >= 15 is 0 Å². The smallest absolute Gasteiger partial charge is 0.0154 e. The third kappa shape index (κ3) is 1.71. The molecule has 1 spiro atoms. The summed E-state index contributed by atoms with van der Waals surface area (Å²) in [6.07, 6.45) is 7.32. The predicted molar refractivity (Wildman–Crippen MR) is 61.4 cm³/mol. The zero-order valence-corrected chi connectivity index (χ0v) is 10.3. The number of nitrogens with zero attached hydrogens (tertiary/aromatic N) is 1. The van der Waals surface area contributed by atoms with Gasteiger partial charge in [0.1, 0.15) is 0 Å². The van der Waals surface area contributed by atoms with Crippen LogP contribution >= 0.6 is 0 Å². The molecule has 1 aliphatic carbocycles. The molecule has 1 saturated carbocycles. The Kier molecular flexibility index (Phi) is 2.42. The Bertz CT molecular complexity index is 210. The summed E-state index contributed by atoms with van der Waals surface area (Å²) in [7, 11) is 2.32. The molecular weight excluding hydrogens is 170 g/mol. The molecule has 0 aromatic heterocycles. The van der Waals surface area contributed by atoms with E-state index in [4.69, 9.17) is 0 Å². The molecule has 1 saturated heterocycles. The molecular formula is C13H25N. The lowest BCUT2D eigenvalue weighted by atomic mass is 9.61. The first-order valence-corrected chi connectivity index (χ1v) is 6.13. The van der Waals surface area contributed by atoms with Crippen LogP contribution in [0.4, 0.5) is 0 Å². The lowest BCUT2D eigenvalue weighted by Gasteiger charge is -2.46. The van der Waals surface area contributed by atoms with Gasteiger partial charge in [-0.25, -0.2) is 0 Å². The van der Waals surface area contributed by atoms with E-state index in [-0.39, 0.29) is 0 Å². The number of hydrogen-bond donors (Lipinski definition) is 0. The molecule has 14 heavy (non-hydrogen) atoms. The molecule has 2 rings (SSSR count). The van der Waals surface area contributed by atoms with Crippen molar-refractivity contribution in [3.8, 4) is 0 Å². The molecule has 0 aromatic carbocycles. The van der Waals surface area contributed by atoms with Gasteiger partial charge in [0.2, 0.25) is 0 Å². The molecule has 0 bridgehead atoms. The van der Waals surface area contributed by atoms with Crippen LogP contribution in [0, 0.1) is 10.8 Å². The Balaban J connectivity index is 2.06. The zero-order valence-electron chi connectivity index (χ0n) is 10.3. The lowest BCUT2D eigenvalue weighted by molar-refractivity contribution is 0.0517. The summed E-state index contributed by atoms with van der Waals surface area (Å²) in [4.78, 5) is 2.62. The molecule has 1 atom stereocenters. The van der Waals surface area contributed by atoms with Crippen LogP contribution in [0.1, 0.15) is 52.9 Å². The fourth-order valence-corrected chi connectivity index (χ4v) is 3.36. The van der Waals surface area contributed by atoms with E-state index in [1.165, 1.54) is 38.6 Å². The van der Waals surface area contributed by atoms with Gasteiger partial charge in [0, 0.05) is 6.04 Å². The molecule has 2 aliphatic rings. The summed E-state index contributed by atoms with van der Waals surface area (Å²) >= 11 is 0. The van der Waals surface area contributed by atoms with Gasteiger partial charge in [-0.05, 0) is 50.1 Å². The second kappa shape index (κ2) is 3.23.